The average molecular weight is 212 g/mol. The predicted molar refractivity (Wildman–Crippen MR) is 62.3 cm³/mol. The van der Waals surface area contributed by atoms with Crippen molar-refractivity contribution in [2.24, 2.45) is 0 Å². The Morgan fingerprint density at radius 1 is 1.38 bits per heavy atom. The van der Waals surface area contributed by atoms with E-state index in [0.717, 1.165) is 29.8 Å². The van der Waals surface area contributed by atoms with Crippen molar-refractivity contribution in [2.75, 3.05) is 18.0 Å². The van der Waals surface area contributed by atoms with Crippen LogP contribution in [0.15, 0.2) is 18.5 Å². The van der Waals surface area contributed by atoms with Gasteiger partial charge in [-0.1, -0.05) is 0 Å². The van der Waals surface area contributed by atoms with Crippen LogP contribution in [-0.4, -0.2) is 23.1 Å². The summed E-state index contributed by atoms with van der Waals surface area (Å²) in [6, 6.07) is 4.22. The van der Waals surface area contributed by atoms with E-state index in [2.05, 4.69) is 20.9 Å². The summed E-state index contributed by atoms with van der Waals surface area (Å²) in [5, 5.41) is 10.0. The smallest absolute Gasteiger partial charge is 0.140 e. The van der Waals surface area contributed by atoms with Gasteiger partial charge in [0.05, 0.1) is 16.6 Å². The van der Waals surface area contributed by atoms with E-state index in [1.165, 1.54) is 12.8 Å². The molecule has 16 heavy (non-hydrogen) atoms. The van der Waals surface area contributed by atoms with E-state index in [1.807, 2.05) is 6.07 Å². The summed E-state index contributed by atoms with van der Waals surface area (Å²) in [5.41, 5.74) is 2.63. The van der Waals surface area contributed by atoms with Gasteiger partial charge in [0.15, 0.2) is 0 Å². The lowest BCUT2D eigenvalue weighted by Crippen LogP contribution is -2.17. The van der Waals surface area contributed by atoms with Crippen LogP contribution in [0.2, 0.25) is 0 Å². The van der Waals surface area contributed by atoms with Gasteiger partial charge in [0.25, 0.3) is 0 Å². The number of nitriles is 1. The molecule has 0 bridgehead atoms. The molecule has 2 aromatic rings. The van der Waals surface area contributed by atoms with E-state index >= 15 is 0 Å². The molecule has 0 aromatic carbocycles. The molecule has 0 saturated carbocycles. The molecule has 2 aromatic heterocycles. The fourth-order valence-electron chi connectivity index (χ4n) is 2.35. The van der Waals surface area contributed by atoms with Crippen LogP contribution in [0.4, 0.5) is 5.69 Å². The van der Waals surface area contributed by atoms with Crippen LogP contribution in [0.5, 0.6) is 0 Å². The van der Waals surface area contributed by atoms with Crippen LogP contribution < -0.4 is 4.90 Å². The van der Waals surface area contributed by atoms with Gasteiger partial charge in [0, 0.05) is 25.5 Å². The molecule has 4 nitrogen and oxygen atoms in total. The van der Waals surface area contributed by atoms with Crippen molar-refractivity contribution in [2.45, 2.75) is 12.8 Å². The quantitative estimate of drug-likeness (QED) is 0.787. The Kier molecular flexibility index (Phi) is 2.03. The Hall–Kier alpha value is -2.02. The van der Waals surface area contributed by atoms with Gasteiger partial charge in [-0.25, -0.2) is 4.98 Å². The highest BCUT2D eigenvalue weighted by molar-refractivity contribution is 5.94. The molecule has 1 aliphatic heterocycles. The molecule has 1 fully saturated rings. The first kappa shape index (κ1) is 9.22. The molecule has 0 unspecified atom stereocenters. The van der Waals surface area contributed by atoms with Crippen molar-refractivity contribution in [1.29, 1.82) is 5.26 Å². The summed E-state index contributed by atoms with van der Waals surface area (Å²) in [4.78, 5) is 9.62. The van der Waals surface area contributed by atoms with Crippen molar-refractivity contribution < 1.29 is 0 Å². The van der Waals surface area contributed by atoms with Crippen LogP contribution in [0.25, 0.3) is 11.0 Å². The minimum atomic E-state index is 0.685. The Bertz CT molecular complexity index is 558. The van der Waals surface area contributed by atoms with Gasteiger partial charge < -0.3 is 9.88 Å². The highest BCUT2D eigenvalue weighted by Crippen LogP contribution is 2.30. The lowest BCUT2D eigenvalue weighted by Gasteiger charge is -2.18. The van der Waals surface area contributed by atoms with Gasteiger partial charge in [0.2, 0.25) is 0 Å². The normalized spacial score (nSPS) is 15.6. The van der Waals surface area contributed by atoms with E-state index < -0.39 is 0 Å². The molecule has 1 aliphatic rings. The second kappa shape index (κ2) is 3.53. The topological polar surface area (TPSA) is 55.7 Å². The first-order valence-corrected chi connectivity index (χ1v) is 5.51. The van der Waals surface area contributed by atoms with Crippen LogP contribution in [0, 0.1) is 11.3 Å². The largest absolute Gasteiger partial charge is 0.371 e. The van der Waals surface area contributed by atoms with Crippen molar-refractivity contribution in [3.8, 4) is 6.07 Å². The Balaban J connectivity index is 2.22. The Morgan fingerprint density at radius 2 is 2.19 bits per heavy atom. The summed E-state index contributed by atoms with van der Waals surface area (Å²) in [6.45, 7) is 2.16. The molecule has 0 atom stereocenters. The number of aromatic nitrogens is 2. The number of rotatable bonds is 1. The van der Waals surface area contributed by atoms with Gasteiger partial charge in [0.1, 0.15) is 11.7 Å². The number of aromatic amines is 1. The molecule has 4 heteroatoms. The monoisotopic (exact) mass is 212 g/mol. The van der Waals surface area contributed by atoms with Crippen LogP contribution >= 0.6 is 0 Å². The van der Waals surface area contributed by atoms with E-state index in [1.54, 1.807) is 12.4 Å². The summed E-state index contributed by atoms with van der Waals surface area (Å²) >= 11 is 0. The zero-order valence-electron chi connectivity index (χ0n) is 8.90. The zero-order chi connectivity index (χ0) is 11.0. The second-order valence-electron chi connectivity index (χ2n) is 4.06. The van der Waals surface area contributed by atoms with E-state index in [-0.39, 0.29) is 0 Å². The highest BCUT2D eigenvalue weighted by Gasteiger charge is 2.17. The first-order chi connectivity index (χ1) is 7.90. The summed E-state index contributed by atoms with van der Waals surface area (Å²) in [6.07, 6.45) is 6.00. The second-order valence-corrected chi connectivity index (χ2v) is 4.06. The number of H-pyrrole nitrogens is 1. The molecule has 3 heterocycles. The SMILES string of the molecule is N#Cc1c[nH]c2nccc(N3CCCC3)c12. The maximum Gasteiger partial charge on any atom is 0.140 e. The number of hydrogen-bond acceptors (Lipinski definition) is 3. The number of pyridine rings is 1. The van der Waals surface area contributed by atoms with Crippen molar-refractivity contribution in [1.82, 2.24) is 9.97 Å². The van der Waals surface area contributed by atoms with Crippen molar-refractivity contribution in [3.05, 3.63) is 24.0 Å². The molecule has 1 saturated heterocycles. The van der Waals surface area contributed by atoms with E-state index in [9.17, 15) is 0 Å². The minimum absolute atomic E-state index is 0.685. The average Bonchev–Trinajstić information content (AvgIpc) is 2.97. The third kappa shape index (κ3) is 1.25. The molecule has 80 valence electrons. The van der Waals surface area contributed by atoms with Gasteiger partial charge in [-0.2, -0.15) is 5.26 Å². The molecular formula is C12H12N4. The number of anilines is 1. The van der Waals surface area contributed by atoms with Crippen LogP contribution in [0.1, 0.15) is 18.4 Å². The Morgan fingerprint density at radius 3 is 2.94 bits per heavy atom. The highest BCUT2D eigenvalue weighted by atomic mass is 15.1. The lowest BCUT2D eigenvalue weighted by atomic mass is 10.2. The fourth-order valence-corrected chi connectivity index (χ4v) is 2.35. The van der Waals surface area contributed by atoms with Gasteiger partial charge in [-0.15, -0.1) is 0 Å². The van der Waals surface area contributed by atoms with Crippen molar-refractivity contribution >= 4 is 16.7 Å². The van der Waals surface area contributed by atoms with Crippen LogP contribution in [-0.2, 0) is 0 Å². The third-order valence-corrected chi connectivity index (χ3v) is 3.12. The zero-order valence-corrected chi connectivity index (χ0v) is 8.90. The van der Waals surface area contributed by atoms with Gasteiger partial charge >= 0.3 is 0 Å². The fraction of sp³-hybridized carbons (Fsp3) is 0.333. The molecule has 0 aliphatic carbocycles. The summed E-state index contributed by atoms with van der Waals surface area (Å²) in [5.74, 6) is 0. The third-order valence-electron chi connectivity index (χ3n) is 3.12. The molecule has 1 N–H and O–H groups in total. The van der Waals surface area contributed by atoms with Crippen LogP contribution in [0.3, 0.4) is 0 Å². The molecular weight excluding hydrogens is 200 g/mol. The van der Waals surface area contributed by atoms with E-state index in [0.29, 0.717) is 5.56 Å². The first-order valence-electron chi connectivity index (χ1n) is 5.51. The molecule has 0 radical (unpaired) electrons. The standard InChI is InChI=1S/C12H12N4/c13-7-9-8-15-12-11(9)10(3-4-14-12)16-5-1-2-6-16/h3-4,8H,1-2,5-6H2,(H,14,15). The maximum absolute atomic E-state index is 9.08. The summed E-state index contributed by atoms with van der Waals surface area (Å²) in [7, 11) is 0. The number of nitrogens with zero attached hydrogens (tertiary/aromatic N) is 3. The summed E-state index contributed by atoms with van der Waals surface area (Å²) < 4.78 is 0. The molecule has 3 rings (SSSR count). The minimum Gasteiger partial charge on any atom is -0.371 e. The molecule has 0 amide bonds. The van der Waals surface area contributed by atoms with Gasteiger partial charge in [-0.05, 0) is 18.9 Å². The predicted octanol–water partition coefficient (Wildman–Crippen LogP) is 2.03. The van der Waals surface area contributed by atoms with Gasteiger partial charge in [-0.3, -0.25) is 0 Å². The van der Waals surface area contributed by atoms with Crippen molar-refractivity contribution in [3.63, 3.8) is 0 Å². The Labute approximate surface area is 93.5 Å². The van der Waals surface area contributed by atoms with E-state index in [4.69, 9.17) is 5.26 Å². The number of nitrogens with one attached hydrogen (secondary N) is 1. The molecule has 0 spiro atoms. The number of hydrogen-bond donors (Lipinski definition) is 1. The maximum atomic E-state index is 9.08. The number of fused-ring (bicyclic) bond motifs is 1. The lowest BCUT2D eigenvalue weighted by molar-refractivity contribution is 0.949.